The fourth-order valence-electron chi connectivity index (χ4n) is 3.74. The van der Waals surface area contributed by atoms with Crippen LogP contribution in [-0.2, 0) is 14.3 Å². The SMILES string of the molecule is CCOc1ccc(-c2c(C)sc(NC(=O)[C@@H]3CC=CC[C@H]3C(=O)O)c2C(=O)OC)cc1. The molecule has 8 heteroatoms. The van der Waals surface area contributed by atoms with E-state index in [0.29, 0.717) is 30.0 Å². The lowest BCUT2D eigenvalue weighted by Crippen LogP contribution is -2.34. The fraction of sp³-hybridized carbons (Fsp3) is 0.348. The second kappa shape index (κ2) is 9.78. The van der Waals surface area contributed by atoms with Crippen molar-refractivity contribution in [2.45, 2.75) is 26.7 Å². The Morgan fingerprint density at radius 2 is 1.77 bits per heavy atom. The molecule has 1 aliphatic carbocycles. The molecule has 1 aromatic heterocycles. The third kappa shape index (κ3) is 4.80. The highest BCUT2D eigenvalue weighted by molar-refractivity contribution is 7.17. The molecule has 1 aromatic carbocycles. The lowest BCUT2D eigenvalue weighted by Gasteiger charge is -2.24. The summed E-state index contributed by atoms with van der Waals surface area (Å²) < 4.78 is 10.5. The molecule has 0 saturated heterocycles. The maximum absolute atomic E-state index is 12.9. The van der Waals surface area contributed by atoms with E-state index in [0.717, 1.165) is 16.2 Å². The summed E-state index contributed by atoms with van der Waals surface area (Å²) in [5.74, 6) is -2.77. The summed E-state index contributed by atoms with van der Waals surface area (Å²) in [7, 11) is 1.29. The van der Waals surface area contributed by atoms with Crippen molar-refractivity contribution in [3.8, 4) is 16.9 Å². The number of thiophene rings is 1. The molecule has 7 nitrogen and oxygen atoms in total. The first-order chi connectivity index (χ1) is 14.9. The van der Waals surface area contributed by atoms with E-state index in [1.54, 1.807) is 6.08 Å². The molecule has 164 valence electrons. The van der Waals surface area contributed by atoms with Crippen molar-refractivity contribution >= 4 is 34.2 Å². The highest BCUT2D eigenvalue weighted by atomic mass is 32.1. The number of allylic oxidation sites excluding steroid dienone is 2. The van der Waals surface area contributed by atoms with E-state index in [2.05, 4.69) is 5.32 Å². The Hall–Kier alpha value is -3.13. The Bertz CT molecular complexity index is 1010. The van der Waals surface area contributed by atoms with E-state index >= 15 is 0 Å². The number of carboxylic acids is 1. The van der Waals surface area contributed by atoms with Crippen LogP contribution >= 0.6 is 11.3 Å². The van der Waals surface area contributed by atoms with Crippen molar-refractivity contribution in [1.82, 2.24) is 0 Å². The molecule has 0 unspecified atom stereocenters. The molecule has 2 atom stereocenters. The van der Waals surface area contributed by atoms with E-state index in [1.807, 2.05) is 44.2 Å². The van der Waals surface area contributed by atoms with Crippen molar-refractivity contribution in [3.05, 3.63) is 46.9 Å². The van der Waals surface area contributed by atoms with Crippen molar-refractivity contribution in [1.29, 1.82) is 0 Å². The number of carbonyl (C=O) groups is 3. The average Bonchev–Trinajstić information content (AvgIpc) is 3.09. The molecule has 1 aliphatic rings. The van der Waals surface area contributed by atoms with E-state index in [9.17, 15) is 19.5 Å². The molecule has 0 radical (unpaired) electrons. The monoisotopic (exact) mass is 443 g/mol. The zero-order valence-corrected chi connectivity index (χ0v) is 18.5. The lowest BCUT2D eigenvalue weighted by atomic mass is 9.82. The van der Waals surface area contributed by atoms with E-state index in [1.165, 1.54) is 18.4 Å². The maximum atomic E-state index is 12.9. The van der Waals surface area contributed by atoms with Crippen LogP contribution in [0.5, 0.6) is 5.75 Å². The first-order valence-electron chi connectivity index (χ1n) is 10.0. The average molecular weight is 444 g/mol. The number of ether oxygens (including phenoxy) is 2. The van der Waals surface area contributed by atoms with Crippen LogP contribution in [0.4, 0.5) is 5.00 Å². The number of nitrogens with one attached hydrogen (secondary N) is 1. The van der Waals surface area contributed by atoms with Crippen LogP contribution < -0.4 is 10.1 Å². The molecule has 0 fully saturated rings. The second-order valence-electron chi connectivity index (χ2n) is 7.17. The largest absolute Gasteiger partial charge is 0.494 e. The normalized spacial score (nSPS) is 17.8. The number of benzene rings is 1. The van der Waals surface area contributed by atoms with E-state index in [-0.39, 0.29) is 5.56 Å². The zero-order valence-electron chi connectivity index (χ0n) is 17.6. The van der Waals surface area contributed by atoms with Gasteiger partial charge >= 0.3 is 11.9 Å². The quantitative estimate of drug-likeness (QED) is 0.482. The summed E-state index contributed by atoms with van der Waals surface area (Å²) in [6.07, 6.45) is 4.24. The molecule has 0 bridgehead atoms. The second-order valence-corrected chi connectivity index (χ2v) is 8.39. The van der Waals surface area contributed by atoms with Gasteiger partial charge in [-0.05, 0) is 44.4 Å². The van der Waals surface area contributed by atoms with Gasteiger partial charge in [0.05, 0.1) is 25.6 Å². The molecule has 3 rings (SSSR count). The van der Waals surface area contributed by atoms with Gasteiger partial charge in [0.15, 0.2) is 0 Å². The molecule has 2 N–H and O–H groups in total. The van der Waals surface area contributed by atoms with Crippen molar-refractivity contribution < 1.29 is 29.0 Å². The minimum atomic E-state index is -1.00. The van der Waals surface area contributed by atoms with Gasteiger partial charge in [0.2, 0.25) is 5.91 Å². The predicted octanol–water partition coefficient (Wildman–Crippen LogP) is 4.51. The Labute approximate surface area is 184 Å². The number of esters is 1. The maximum Gasteiger partial charge on any atom is 0.341 e. The number of rotatable bonds is 7. The van der Waals surface area contributed by atoms with Crippen LogP contribution in [0.25, 0.3) is 11.1 Å². The molecular weight excluding hydrogens is 418 g/mol. The molecular formula is C23H25NO6S. The first kappa shape index (κ1) is 22.6. The van der Waals surface area contributed by atoms with Crippen molar-refractivity contribution in [2.75, 3.05) is 19.0 Å². The number of aliphatic carboxylic acids is 1. The number of methoxy groups -OCH3 is 1. The molecule has 2 aromatic rings. The van der Waals surface area contributed by atoms with Gasteiger partial charge in [0.1, 0.15) is 16.3 Å². The number of anilines is 1. The van der Waals surface area contributed by atoms with Gasteiger partial charge in [0, 0.05) is 10.4 Å². The van der Waals surface area contributed by atoms with Crippen LogP contribution in [0.15, 0.2) is 36.4 Å². The van der Waals surface area contributed by atoms with Gasteiger partial charge in [-0.2, -0.15) is 0 Å². The predicted molar refractivity (Wildman–Crippen MR) is 119 cm³/mol. The number of aryl methyl sites for hydroxylation is 1. The van der Waals surface area contributed by atoms with Gasteiger partial charge in [-0.3, -0.25) is 9.59 Å². The lowest BCUT2D eigenvalue weighted by molar-refractivity contribution is -0.146. The number of carbonyl (C=O) groups excluding carboxylic acids is 2. The molecule has 0 saturated carbocycles. The number of hydrogen-bond acceptors (Lipinski definition) is 6. The first-order valence-corrected chi connectivity index (χ1v) is 10.8. The summed E-state index contributed by atoms with van der Waals surface area (Å²) in [6, 6.07) is 7.34. The molecule has 0 spiro atoms. The summed E-state index contributed by atoms with van der Waals surface area (Å²) >= 11 is 1.27. The Morgan fingerprint density at radius 3 is 2.35 bits per heavy atom. The fourth-order valence-corrected chi connectivity index (χ4v) is 4.81. The zero-order chi connectivity index (χ0) is 22.5. The van der Waals surface area contributed by atoms with Gasteiger partial charge in [-0.1, -0.05) is 24.3 Å². The van der Waals surface area contributed by atoms with Crippen LogP contribution in [0.2, 0.25) is 0 Å². The Kier molecular flexibility index (Phi) is 7.12. The minimum Gasteiger partial charge on any atom is -0.494 e. The minimum absolute atomic E-state index is 0.265. The summed E-state index contributed by atoms with van der Waals surface area (Å²) in [4.78, 5) is 38.0. The standard InChI is InChI=1S/C23H25NO6S/c1-4-30-15-11-9-14(10-12-15)18-13(2)31-21(19(18)23(28)29-3)24-20(25)16-7-5-6-8-17(16)22(26)27/h5-6,9-12,16-17H,4,7-8H2,1-3H3,(H,24,25)(H,26,27)/t16-,17-/m1/s1. The number of carboxylic acid groups (broad SMARTS) is 1. The van der Waals surface area contributed by atoms with Gasteiger partial charge in [-0.25, -0.2) is 4.79 Å². The summed E-state index contributed by atoms with van der Waals surface area (Å²) in [5, 5.41) is 12.6. The number of hydrogen-bond donors (Lipinski definition) is 2. The summed E-state index contributed by atoms with van der Waals surface area (Å²) in [6.45, 7) is 4.31. The van der Waals surface area contributed by atoms with Gasteiger partial charge in [-0.15, -0.1) is 11.3 Å². The Balaban J connectivity index is 1.96. The molecule has 0 aliphatic heterocycles. The number of amides is 1. The van der Waals surface area contributed by atoms with Crippen molar-refractivity contribution in [2.24, 2.45) is 11.8 Å². The molecule has 1 amide bonds. The van der Waals surface area contributed by atoms with Crippen LogP contribution in [0.3, 0.4) is 0 Å². The van der Waals surface area contributed by atoms with Crippen molar-refractivity contribution in [3.63, 3.8) is 0 Å². The van der Waals surface area contributed by atoms with Crippen LogP contribution in [-0.4, -0.2) is 36.7 Å². The highest BCUT2D eigenvalue weighted by Crippen LogP contribution is 2.41. The smallest absolute Gasteiger partial charge is 0.341 e. The molecule has 31 heavy (non-hydrogen) atoms. The van der Waals surface area contributed by atoms with Crippen LogP contribution in [0, 0.1) is 18.8 Å². The van der Waals surface area contributed by atoms with Gasteiger partial charge in [0.25, 0.3) is 0 Å². The summed E-state index contributed by atoms with van der Waals surface area (Å²) in [5.41, 5.74) is 1.73. The van der Waals surface area contributed by atoms with E-state index < -0.39 is 29.7 Å². The van der Waals surface area contributed by atoms with Gasteiger partial charge < -0.3 is 19.9 Å². The topological polar surface area (TPSA) is 102 Å². The molecule has 1 heterocycles. The third-order valence-corrected chi connectivity index (χ3v) is 6.27. The highest BCUT2D eigenvalue weighted by Gasteiger charge is 2.35. The Morgan fingerprint density at radius 1 is 1.13 bits per heavy atom. The van der Waals surface area contributed by atoms with E-state index in [4.69, 9.17) is 9.47 Å². The van der Waals surface area contributed by atoms with Crippen LogP contribution in [0.1, 0.15) is 35.0 Å². The third-order valence-electron chi connectivity index (χ3n) is 5.25.